The Balaban J connectivity index is 1.83. The summed E-state index contributed by atoms with van der Waals surface area (Å²) in [5, 5.41) is 10.2. The average molecular weight is 292 g/mol. The van der Waals surface area contributed by atoms with Crippen molar-refractivity contribution in [1.29, 1.82) is 0 Å². The van der Waals surface area contributed by atoms with E-state index in [4.69, 9.17) is 4.74 Å². The normalized spacial score (nSPS) is 29.9. The summed E-state index contributed by atoms with van der Waals surface area (Å²) in [6.07, 6.45) is 2.54. The van der Waals surface area contributed by atoms with E-state index in [1.807, 2.05) is 24.8 Å². The SMILES string of the molecule is Cc1cc(C)c(C(=O)N2CCOCC2C2CCCC2O)[nH]1. The quantitative estimate of drug-likeness (QED) is 0.871. The van der Waals surface area contributed by atoms with Crippen LogP contribution in [0.4, 0.5) is 0 Å². The highest BCUT2D eigenvalue weighted by Gasteiger charge is 2.40. The molecule has 5 heteroatoms. The number of hydrogen-bond acceptors (Lipinski definition) is 3. The van der Waals surface area contributed by atoms with E-state index in [1.165, 1.54) is 0 Å². The molecule has 0 spiro atoms. The molecule has 21 heavy (non-hydrogen) atoms. The van der Waals surface area contributed by atoms with Gasteiger partial charge in [-0.25, -0.2) is 0 Å². The first-order valence-corrected chi connectivity index (χ1v) is 7.81. The number of aliphatic hydroxyl groups excluding tert-OH is 1. The van der Waals surface area contributed by atoms with Crippen molar-refractivity contribution in [3.05, 3.63) is 23.0 Å². The second-order valence-corrected chi connectivity index (χ2v) is 6.31. The molecule has 2 fully saturated rings. The van der Waals surface area contributed by atoms with Gasteiger partial charge in [-0.2, -0.15) is 0 Å². The number of ether oxygens (including phenoxy) is 1. The van der Waals surface area contributed by atoms with E-state index in [-0.39, 0.29) is 24.0 Å². The average Bonchev–Trinajstić information content (AvgIpc) is 3.03. The van der Waals surface area contributed by atoms with E-state index in [0.717, 1.165) is 30.5 Å². The number of aromatic amines is 1. The molecule has 1 aliphatic carbocycles. The lowest BCUT2D eigenvalue weighted by Gasteiger charge is -2.40. The number of amides is 1. The van der Waals surface area contributed by atoms with Gasteiger partial charge in [0.05, 0.1) is 25.4 Å². The molecule has 1 saturated heterocycles. The lowest BCUT2D eigenvalue weighted by molar-refractivity contribution is -0.0385. The van der Waals surface area contributed by atoms with E-state index in [0.29, 0.717) is 25.5 Å². The molecular weight excluding hydrogens is 268 g/mol. The number of H-pyrrole nitrogens is 1. The predicted molar refractivity (Wildman–Crippen MR) is 79.3 cm³/mol. The molecule has 2 heterocycles. The summed E-state index contributed by atoms with van der Waals surface area (Å²) in [6, 6.07) is 1.99. The van der Waals surface area contributed by atoms with Gasteiger partial charge >= 0.3 is 0 Å². The van der Waals surface area contributed by atoms with Crippen molar-refractivity contribution in [2.75, 3.05) is 19.8 Å². The van der Waals surface area contributed by atoms with Crippen molar-refractivity contribution in [2.24, 2.45) is 5.92 Å². The molecule has 0 bridgehead atoms. The lowest BCUT2D eigenvalue weighted by Crippen LogP contribution is -2.53. The van der Waals surface area contributed by atoms with Gasteiger partial charge in [-0.15, -0.1) is 0 Å². The van der Waals surface area contributed by atoms with Gasteiger partial charge < -0.3 is 19.7 Å². The van der Waals surface area contributed by atoms with Gasteiger partial charge in [-0.05, 0) is 38.3 Å². The van der Waals surface area contributed by atoms with Crippen LogP contribution in [0, 0.1) is 19.8 Å². The van der Waals surface area contributed by atoms with Gasteiger partial charge in [-0.3, -0.25) is 4.79 Å². The maximum atomic E-state index is 12.9. The Morgan fingerprint density at radius 2 is 2.24 bits per heavy atom. The smallest absolute Gasteiger partial charge is 0.270 e. The molecule has 2 aliphatic rings. The second-order valence-electron chi connectivity index (χ2n) is 6.31. The second kappa shape index (κ2) is 5.81. The molecule has 3 atom stereocenters. The fraction of sp³-hybridized carbons (Fsp3) is 0.688. The molecule has 1 aromatic heterocycles. The molecule has 3 unspecified atom stereocenters. The van der Waals surface area contributed by atoms with Gasteiger partial charge in [0.1, 0.15) is 5.69 Å². The molecule has 0 aromatic carbocycles. The zero-order chi connectivity index (χ0) is 15.0. The maximum absolute atomic E-state index is 12.9. The van der Waals surface area contributed by atoms with Crippen LogP contribution in [0.25, 0.3) is 0 Å². The molecule has 3 rings (SSSR count). The Labute approximate surface area is 125 Å². The van der Waals surface area contributed by atoms with Gasteiger partial charge in [0.15, 0.2) is 0 Å². The molecule has 5 nitrogen and oxygen atoms in total. The molecular formula is C16H24N2O3. The number of nitrogens with one attached hydrogen (secondary N) is 1. The van der Waals surface area contributed by atoms with Crippen molar-refractivity contribution in [1.82, 2.24) is 9.88 Å². The summed E-state index contributed by atoms with van der Waals surface area (Å²) in [4.78, 5) is 17.9. The molecule has 1 saturated carbocycles. The van der Waals surface area contributed by atoms with Crippen LogP contribution < -0.4 is 0 Å². The standard InChI is InChI=1S/C16H24N2O3/c1-10-8-11(2)17-15(10)16(20)18-6-7-21-9-13(18)12-4-3-5-14(12)19/h8,12-14,17,19H,3-7,9H2,1-2H3. The third-order valence-electron chi connectivity index (χ3n) is 4.82. The first-order valence-electron chi connectivity index (χ1n) is 7.81. The Morgan fingerprint density at radius 1 is 1.43 bits per heavy atom. The number of carbonyl (C=O) groups excluding carboxylic acids is 1. The number of aryl methyl sites for hydroxylation is 2. The lowest BCUT2D eigenvalue weighted by atomic mass is 9.94. The first kappa shape index (κ1) is 14.6. The number of morpholine rings is 1. The van der Waals surface area contributed by atoms with Crippen LogP contribution in [0.2, 0.25) is 0 Å². The van der Waals surface area contributed by atoms with Crippen LogP contribution in [0.15, 0.2) is 6.07 Å². The van der Waals surface area contributed by atoms with Crippen molar-refractivity contribution in [3.63, 3.8) is 0 Å². The van der Waals surface area contributed by atoms with Gasteiger partial charge in [-0.1, -0.05) is 6.42 Å². The molecule has 2 N–H and O–H groups in total. The number of nitrogens with zero attached hydrogens (tertiary/aromatic N) is 1. The summed E-state index contributed by atoms with van der Waals surface area (Å²) in [5.41, 5.74) is 2.66. The molecule has 0 radical (unpaired) electrons. The van der Waals surface area contributed by atoms with Gasteiger partial charge in [0.25, 0.3) is 5.91 Å². The fourth-order valence-electron chi connectivity index (χ4n) is 3.74. The van der Waals surface area contributed by atoms with E-state index >= 15 is 0 Å². The first-order chi connectivity index (χ1) is 10.1. The monoisotopic (exact) mass is 292 g/mol. The topological polar surface area (TPSA) is 65.6 Å². The van der Waals surface area contributed by atoms with E-state index < -0.39 is 0 Å². The van der Waals surface area contributed by atoms with Crippen molar-refractivity contribution in [2.45, 2.75) is 45.3 Å². The molecule has 1 amide bonds. The number of carbonyl (C=O) groups is 1. The summed E-state index contributed by atoms with van der Waals surface area (Å²) >= 11 is 0. The maximum Gasteiger partial charge on any atom is 0.270 e. The number of aromatic nitrogens is 1. The molecule has 1 aliphatic heterocycles. The highest BCUT2D eigenvalue weighted by atomic mass is 16.5. The predicted octanol–water partition coefficient (Wildman–Crippen LogP) is 1.63. The van der Waals surface area contributed by atoms with Crippen LogP contribution in [-0.4, -0.2) is 52.8 Å². The van der Waals surface area contributed by atoms with Crippen LogP contribution in [0.5, 0.6) is 0 Å². The third kappa shape index (κ3) is 2.72. The third-order valence-corrected chi connectivity index (χ3v) is 4.82. The number of hydrogen-bond donors (Lipinski definition) is 2. The molecule has 116 valence electrons. The zero-order valence-electron chi connectivity index (χ0n) is 12.8. The van der Waals surface area contributed by atoms with E-state index in [1.54, 1.807) is 0 Å². The summed E-state index contributed by atoms with van der Waals surface area (Å²) in [7, 11) is 0. The fourth-order valence-corrected chi connectivity index (χ4v) is 3.74. The highest BCUT2D eigenvalue weighted by Crippen LogP contribution is 2.33. The van der Waals surface area contributed by atoms with Crippen molar-refractivity contribution in [3.8, 4) is 0 Å². The Hall–Kier alpha value is -1.33. The molecule has 1 aromatic rings. The van der Waals surface area contributed by atoms with E-state index in [2.05, 4.69) is 4.98 Å². The highest BCUT2D eigenvalue weighted by molar-refractivity contribution is 5.94. The Bertz CT molecular complexity index is 526. The largest absolute Gasteiger partial charge is 0.393 e. The minimum atomic E-state index is -0.307. The number of rotatable bonds is 2. The van der Waals surface area contributed by atoms with Crippen LogP contribution in [0.3, 0.4) is 0 Å². The summed E-state index contributed by atoms with van der Waals surface area (Å²) in [6.45, 7) is 5.62. The van der Waals surface area contributed by atoms with Crippen LogP contribution in [0.1, 0.15) is 41.0 Å². The van der Waals surface area contributed by atoms with Crippen molar-refractivity contribution >= 4 is 5.91 Å². The summed E-state index contributed by atoms with van der Waals surface area (Å²) < 4.78 is 5.58. The van der Waals surface area contributed by atoms with Gasteiger partial charge in [0.2, 0.25) is 0 Å². The minimum absolute atomic E-state index is 0.00763. The summed E-state index contributed by atoms with van der Waals surface area (Å²) in [5.74, 6) is 0.179. The van der Waals surface area contributed by atoms with Crippen molar-refractivity contribution < 1.29 is 14.6 Å². The van der Waals surface area contributed by atoms with Crippen LogP contribution in [-0.2, 0) is 4.74 Å². The Kier molecular flexibility index (Phi) is 4.04. The minimum Gasteiger partial charge on any atom is -0.393 e. The van der Waals surface area contributed by atoms with E-state index in [9.17, 15) is 9.90 Å². The zero-order valence-corrected chi connectivity index (χ0v) is 12.8. The number of aliphatic hydroxyl groups is 1. The van der Waals surface area contributed by atoms with Crippen LogP contribution >= 0.6 is 0 Å². The van der Waals surface area contributed by atoms with Gasteiger partial charge in [0, 0.05) is 18.2 Å². The Morgan fingerprint density at radius 3 is 2.86 bits per heavy atom.